The number of methoxy groups -OCH3 is 1. The van der Waals surface area contributed by atoms with Crippen molar-refractivity contribution in [2.45, 2.75) is 25.2 Å². The fourth-order valence-electron chi connectivity index (χ4n) is 3.68. The molecule has 8 heteroatoms. The Kier molecular flexibility index (Phi) is 6.51. The molecule has 0 bridgehead atoms. The van der Waals surface area contributed by atoms with E-state index >= 15 is 0 Å². The number of carbonyl (C=O) groups excluding carboxylic acids is 1. The Morgan fingerprint density at radius 1 is 1.10 bits per heavy atom. The summed E-state index contributed by atoms with van der Waals surface area (Å²) in [4.78, 5) is 12.7. The number of benzene rings is 2. The van der Waals surface area contributed by atoms with Crippen molar-refractivity contribution in [3.8, 4) is 5.75 Å². The van der Waals surface area contributed by atoms with E-state index in [4.69, 9.17) is 16.3 Å². The van der Waals surface area contributed by atoms with Crippen LogP contribution in [0, 0.1) is 11.8 Å². The molecule has 29 heavy (non-hydrogen) atoms. The zero-order chi connectivity index (χ0) is 21.2. The molecule has 1 fully saturated rings. The standard InChI is InChI=1S/C21H25ClN2O4S/c1-14-10-15(2)13-24(12-14)29(26,27)18-7-4-16(5-8-18)21(25)23-17-6-9-20(28-3)19(22)11-17/h4-9,11,14-15H,10,12-13H2,1-3H3,(H,23,25). The number of sulfonamides is 1. The molecule has 6 nitrogen and oxygen atoms in total. The van der Waals surface area contributed by atoms with Crippen molar-refractivity contribution >= 4 is 33.2 Å². The van der Waals surface area contributed by atoms with Gasteiger partial charge in [-0.25, -0.2) is 8.42 Å². The molecule has 3 rings (SSSR count). The first-order valence-corrected chi connectivity index (χ1v) is 11.3. The molecule has 2 atom stereocenters. The molecule has 0 spiro atoms. The van der Waals surface area contributed by atoms with E-state index < -0.39 is 10.0 Å². The van der Waals surface area contributed by atoms with Crippen LogP contribution in [0.3, 0.4) is 0 Å². The van der Waals surface area contributed by atoms with Gasteiger partial charge in [0, 0.05) is 24.3 Å². The fourth-order valence-corrected chi connectivity index (χ4v) is 5.61. The third kappa shape index (κ3) is 4.91. The Labute approximate surface area is 176 Å². The second-order valence-corrected chi connectivity index (χ2v) is 9.94. The van der Waals surface area contributed by atoms with E-state index in [1.807, 2.05) is 0 Å². The number of amides is 1. The Morgan fingerprint density at radius 2 is 1.72 bits per heavy atom. The summed E-state index contributed by atoms with van der Waals surface area (Å²) >= 11 is 6.08. The lowest BCUT2D eigenvalue weighted by Gasteiger charge is -2.34. The topological polar surface area (TPSA) is 75.7 Å². The normalized spacial score (nSPS) is 20.3. The summed E-state index contributed by atoms with van der Waals surface area (Å²) in [7, 11) is -2.06. The third-order valence-electron chi connectivity index (χ3n) is 5.00. The van der Waals surface area contributed by atoms with Crippen molar-refractivity contribution in [1.29, 1.82) is 0 Å². The van der Waals surface area contributed by atoms with Gasteiger partial charge in [0.25, 0.3) is 5.91 Å². The monoisotopic (exact) mass is 436 g/mol. The van der Waals surface area contributed by atoms with Gasteiger partial charge in [-0.05, 0) is 60.7 Å². The summed E-state index contributed by atoms with van der Waals surface area (Å²) in [6, 6.07) is 10.9. The van der Waals surface area contributed by atoms with E-state index in [-0.39, 0.29) is 10.8 Å². The van der Waals surface area contributed by atoms with Gasteiger partial charge < -0.3 is 10.1 Å². The number of halogens is 1. The van der Waals surface area contributed by atoms with Crippen LogP contribution in [-0.2, 0) is 10.0 Å². The molecular weight excluding hydrogens is 412 g/mol. The first-order valence-electron chi connectivity index (χ1n) is 9.46. The highest BCUT2D eigenvalue weighted by molar-refractivity contribution is 7.89. The van der Waals surface area contributed by atoms with Crippen LogP contribution in [0.5, 0.6) is 5.75 Å². The molecular formula is C21H25ClN2O4S. The summed E-state index contributed by atoms with van der Waals surface area (Å²) in [5.74, 6) is 0.820. The number of rotatable bonds is 5. The van der Waals surface area contributed by atoms with Crippen LogP contribution in [0.4, 0.5) is 5.69 Å². The maximum atomic E-state index is 12.9. The molecule has 0 aliphatic carbocycles. The van der Waals surface area contributed by atoms with Crippen LogP contribution in [0.1, 0.15) is 30.6 Å². The number of carbonyl (C=O) groups is 1. The lowest BCUT2D eigenvalue weighted by Crippen LogP contribution is -2.42. The fraction of sp³-hybridized carbons (Fsp3) is 0.381. The lowest BCUT2D eigenvalue weighted by molar-refractivity contribution is 0.102. The number of anilines is 1. The van der Waals surface area contributed by atoms with Gasteiger partial charge in [0.2, 0.25) is 10.0 Å². The van der Waals surface area contributed by atoms with Gasteiger partial charge in [0.15, 0.2) is 0 Å². The molecule has 1 aliphatic heterocycles. The highest BCUT2D eigenvalue weighted by atomic mass is 35.5. The first kappa shape index (κ1) is 21.6. The van der Waals surface area contributed by atoms with Crippen LogP contribution in [0.25, 0.3) is 0 Å². The number of hydrogen-bond acceptors (Lipinski definition) is 4. The van der Waals surface area contributed by atoms with Gasteiger partial charge in [-0.2, -0.15) is 4.31 Å². The van der Waals surface area contributed by atoms with E-state index in [1.165, 1.54) is 31.4 Å². The average molecular weight is 437 g/mol. The van der Waals surface area contributed by atoms with E-state index in [2.05, 4.69) is 19.2 Å². The molecule has 1 N–H and O–H groups in total. The van der Waals surface area contributed by atoms with E-state index in [0.717, 1.165) is 6.42 Å². The quantitative estimate of drug-likeness (QED) is 0.759. The summed E-state index contributed by atoms with van der Waals surface area (Å²) in [6.07, 6.45) is 1.03. The van der Waals surface area contributed by atoms with Crippen molar-refractivity contribution < 1.29 is 17.9 Å². The van der Waals surface area contributed by atoms with Crippen LogP contribution in [0.15, 0.2) is 47.4 Å². The molecule has 2 unspecified atom stereocenters. The first-order chi connectivity index (χ1) is 13.7. The summed E-state index contributed by atoms with van der Waals surface area (Å²) < 4.78 is 32.5. The predicted octanol–water partition coefficient (Wildman–Crippen LogP) is 4.27. The predicted molar refractivity (Wildman–Crippen MR) is 114 cm³/mol. The summed E-state index contributed by atoms with van der Waals surface area (Å²) in [5.41, 5.74) is 0.880. The SMILES string of the molecule is COc1ccc(NC(=O)c2ccc(S(=O)(=O)N3CC(C)CC(C)C3)cc2)cc1Cl. The Morgan fingerprint density at radius 3 is 2.28 bits per heavy atom. The number of piperidine rings is 1. The van der Waals surface area contributed by atoms with Gasteiger partial charge in [-0.15, -0.1) is 0 Å². The van der Waals surface area contributed by atoms with Crippen LogP contribution < -0.4 is 10.1 Å². The van der Waals surface area contributed by atoms with Crippen LogP contribution >= 0.6 is 11.6 Å². The molecule has 1 amide bonds. The maximum Gasteiger partial charge on any atom is 0.255 e. The molecule has 0 aromatic heterocycles. The molecule has 0 saturated carbocycles. The Balaban J connectivity index is 1.74. The molecule has 2 aromatic carbocycles. The van der Waals surface area contributed by atoms with Crippen LogP contribution in [0.2, 0.25) is 5.02 Å². The second-order valence-electron chi connectivity index (χ2n) is 7.60. The lowest BCUT2D eigenvalue weighted by atomic mass is 9.94. The van der Waals surface area contributed by atoms with E-state index in [0.29, 0.717) is 46.9 Å². The smallest absolute Gasteiger partial charge is 0.255 e. The van der Waals surface area contributed by atoms with Crippen molar-refractivity contribution in [3.05, 3.63) is 53.1 Å². The minimum atomic E-state index is -3.57. The second kappa shape index (κ2) is 8.73. The van der Waals surface area contributed by atoms with Crippen molar-refractivity contribution in [2.24, 2.45) is 11.8 Å². The van der Waals surface area contributed by atoms with Crippen molar-refractivity contribution in [3.63, 3.8) is 0 Å². The molecule has 1 heterocycles. The molecule has 0 radical (unpaired) electrons. The van der Waals surface area contributed by atoms with Gasteiger partial charge in [0.1, 0.15) is 5.75 Å². The zero-order valence-electron chi connectivity index (χ0n) is 16.7. The number of hydrogen-bond donors (Lipinski definition) is 1. The van der Waals surface area contributed by atoms with Gasteiger partial charge >= 0.3 is 0 Å². The highest BCUT2D eigenvalue weighted by Gasteiger charge is 2.31. The highest BCUT2D eigenvalue weighted by Crippen LogP contribution is 2.28. The number of nitrogens with one attached hydrogen (secondary N) is 1. The Bertz CT molecular complexity index is 982. The number of ether oxygens (including phenoxy) is 1. The molecule has 2 aromatic rings. The Hall–Kier alpha value is -2.09. The largest absolute Gasteiger partial charge is 0.495 e. The van der Waals surface area contributed by atoms with Crippen molar-refractivity contribution in [2.75, 3.05) is 25.5 Å². The maximum absolute atomic E-state index is 12.9. The summed E-state index contributed by atoms with van der Waals surface area (Å²) in [5, 5.41) is 3.13. The third-order valence-corrected chi connectivity index (χ3v) is 7.14. The van der Waals surface area contributed by atoms with E-state index in [1.54, 1.807) is 22.5 Å². The minimum absolute atomic E-state index is 0.197. The summed E-state index contributed by atoms with van der Waals surface area (Å²) in [6.45, 7) is 5.17. The van der Waals surface area contributed by atoms with Gasteiger partial charge in [0.05, 0.1) is 17.0 Å². The molecule has 1 saturated heterocycles. The van der Waals surface area contributed by atoms with Gasteiger partial charge in [-0.3, -0.25) is 4.79 Å². The van der Waals surface area contributed by atoms with Crippen molar-refractivity contribution in [1.82, 2.24) is 4.31 Å². The number of nitrogens with zero attached hydrogens (tertiary/aromatic N) is 1. The zero-order valence-corrected chi connectivity index (χ0v) is 18.3. The van der Waals surface area contributed by atoms with E-state index in [9.17, 15) is 13.2 Å². The average Bonchev–Trinajstić information content (AvgIpc) is 2.67. The van der Waals surface area contributed by atoms with Crippen LogP contribution in [-0.4, -0.2) is 38.8 Å². The van der Waals surface area contributed by atoms with Gasteiger partial charge in [-0.1, -0.05) is 25.4 Å². The molecule has 156 valence electrons. The molecule has 1 aliphatic rings. The minimum Gasteiger partial charge on any atom is -0.495 e.